The fraction of sp³-hybridized carbons (Fsp3) is 0.429. The fourth-order valence-corrected chi connectivity index (χ4v) is 3.07. The van der Waals surface area contributed by atoms with Crippen LogP contribution in [-0.2, 0) is 4.79 Å². The minimum atomic E-state index is -0.797. The molecule has 2 rings (SSSR count). The molecule has 2 unspecified atom stereocenters. The largest absolute Gasteiger partial charge is 0.481 e. The number of aliphatic carboxylic acids is 1. The van der Waals surface area contributed by atoms with E-state index in [1.54, 1.807) is 23.1 Å². The van der Waals surface area contributed by atoms with Crippen molar-refractivity contribution in [3.8, 4) is 0 Å². The van der Waals surface area contributed by atoms with Gasteiger partial charge in [0.1, 0.15) is 0 Å². The van der Waals surface area contributed by atoms with Crippen LogP contribution in [0.2, 0.25) is 10.0 Å². The smallest absolute Gasteiger partial charge is 0.306 e. The molecule has 1 aromatic carbocycles. The van der Waals surface area contributed by atoms with Crippen LogP contribution >= 0.6 is 23.2 Å². The lowest BCUT2D eigenvalue weighted by Gasteiger charge is -2.36. The lowest BCUT2D eigenvalue weighted by molar-refractivity contribution is -0.143. The van der Waals surface area contributed by atoms with E-state index in [0.717, 1.165) is 0 Å². The zero-order chi connectivity index (χ0) is 14.9. The van der Waals surface area contributed by atoms with Crippen LogP contribution in [0.1, 0.15) is 30.1 Å². The number of halogens is 2. The summed E-state index contributed by atoms with van der Waals surface area (Å²) in [6.45, 7) is 2.29. The first-order valence-corrected chi connectivity index (χ1v) is 7.14. The molecule has 2 atom stereocenters. The van der Waals surface area contributed by atoms with Gasteiger partial charge in [-0.3, -0.25) is 9.59 Å². The molecule has 4 nitrogen and oxygen atoms in total. The van der Waals surface area contributed by atoms with Gasteiger partial charge in [0.2, 0.25) is 0 Å². The zero-order valence-corrected chi connectivity index (χ0v) is 12.5. The van der Waals surface area contributed by atoms with Crippen LogP contribution < -0.4 is 0 Å². The molecular weight excluding hydrogens is 301 g/mol. The van der Waals surface area contributed by atoms with E-state index in [9.17, 15) is 9.59 Å². The van der Waals surface area contributed by atoms with Gasteiger partial charge in [0.15, 0.2) is 0 Å². The molecule has 0 spiro atoms. The van der Waals surface area contributed by atoms with Gasteiger partial charge in [-0.2, -0.15) is 0 Å². The van der Waals surface area contributed by atoms with Crippen LogP contribution in [-0.4, -0.2) is 34.5 Å². The molecule has 1 N–H and O–H groups in total. The molecule has 1 fully saturated rings. The Morgan fingerprint density at radius 2 is 1.85 bits per heavy atom. The number of hydrogen-bond acceptors (Lipinski definition) is 2. The van der Waals surface area contributed by atoms with Crippen molar-refractivity contribution in [3.63, 3.8) is 0 Å². The molecule has 0 bridgehead atoms. The summed E-state index contributed by atoms with van der Waals surface area (Å²) in [4.78, 5) is 25.1. The first kappa shape index (κ1) is 15.1. The van der Waals surface area contributed by atoms with Crippen molar-refractivity contribution in [2.24, 2.45) is 5.92 Å². The second kappa shape index (κ2) is 6.02. The van der Waals surface area contributed by atoms with Crippen LogP contribution in [0.4, 0.5) is 0 Å². The second-order valence-electron chi connectivity index (χ2n) is 5.07. The molecule has 108 valence electrons. The summed E-state index contributed by atoms with van der Waals surface area (Å²) >= 11 is 11.8. The van der Waals surface area contributed by atoms with Crippen LogP contribution in [0.3, 0.4) is 0 Å². The summed E-state index contributed by atoms with van der Waals surface area (Å²) in [6.07, 6.45) is 0.940. The summed E-state index contributed by atoms with van der Waals surface area (Å²) in [6, 6.07) is 4.60. The summed E-state index contributed by atoms with van der Waals surface area (Å²) < 4.78 is 0. The third kappa shape index (κ3) is 3.25. The lowest BCUT2D eigenvalue weighted by Crippen LogP contribution is -2.46. The fourth-order valence-electron chi connectivity index (χ4n) is 2.54. The van der Waals surface area contributed by atoms with Crippen molar-refractivity contribution >= 4 is 35.1 Å². The van der Waals surface area contributed by atoms with Crippen molar-refractivity contribution in [2.45, 2.75) is 25.8 Å². The molecule has 1 aromatic rings. The molecule has 20 heavy (non-hydrogen) atoms. The van der Waals surface area contributed by atoms with Gasteiger partial charge in [0.25, 0.3) is 5.91 Å². The molecule has 1 aliphatic heterocycles. The summed E-state index contributed by atoms with van der Waals surface area (Å²) in [5, 5.41) is 9.85. The molecule has 0 aliphatic carbocycles. The van der Waals surface area contributed by atoms with Crippen molar-refractivity contribution < 1.29 is 14.7 Å². The highest BCUT2D eigenvalue weighted by molar-refractivity contribution is 6.35. The molecule has 1 aliphatic rings. The second-order valence-corrected chi connectivity index (χ2v) is 5.94. The van der Waals surface area contributed by atoms with E-state index in [-0.39, 0.29) is 17.9 Å². The van der Waals surface area contributed by atoms with Gasteiger partial charge in [-0.15, -0.1) is 0 Å². The quantitative estimate of drug-likeness (QED) is 0.910. The Morgan fingerprint density at radius 3 is 2.35 bits per heavy atom. The van der Waals surface area contributed by atoms with E-state index in [1.165, 1.54) is 0 Å². The molecule has 1 saturated heterocycles. The molecule has 0 aromatic heterocycles. The van der Waals surface area contributed by atoms with Crippen molar-refractivity contribution in [1.82, 2.24) is 4.90 Å². The Kier molecular flexibility index (Phi) is 4.55. The standard InChI is InChI=1S/C14H15Cl2NO3/c1-8-4-9(14(19)20)2-3-17(8)13(18)10-5-11(15)7-12(16)6-10/h5-9H,2-4H2,1H3,(H,19,20). The van der Waals surface area contributed by atoms with E-state index >= 15 is 0 Å². The third-order valence-electron chi connectivity index (χ3n) is 3.60. The molecule has 0 saturated carbocycles. The van der Waals surface area contributed by atoms with E-state index in [0.29, 0.717) is 35.0 Å². The van der Waals surface area contributed by atoms with Crippen LogP contribution in [0, 0.1) is 5.92 Å². The molecule has 0 radical (unpaired) electrons. The number of nitrogens with zero attached hydrogens (tertiary/aromatic N) is 1. The van der Waals surface area contributed by atoms with Gasteiger partial charge in [0, 0.05) is 28.2 Å². The predicted octanol–water partition coefficient (Wildman–Crippen LogP) is 3.32. The normalized spacial score (nSPS) is 22.6. The van der Waals surface area contributed by atoms with E-state index in [4.69, 9.17) is 28.3 Å². The topological polar surface area (TPSA) is 57.6 Å². The number of piperidine rings is 1. The highest BCUT2D eigenvalue weighted by Gasteiger charge is 2.32. The Bertz CT molecular complexity index is 527. The van der Waals surface area contributed by atoms with Crippen molar-refractivity contribution in [1.29, 1.82) is 0 Å². The average Bonchev–Trinajstić information content (AvgIpc) is 2.36. The minimum Gasteiger partial charge on any atom is -0.481 e. The monoisotopic (exact) mass is 315 g/mol. The summed E-state index contributed by atoms with van der Waals surface area (Å²) in [5.74, 6) is -1.34. The number of amides is 1. The highest BCUT2D eigenvalue weighted by Crippen LogP contribution is 2.26. The first-order chi connectivity index (χ1) is 9.38. The lowest BCUT2D eigenvalue weighted by atomic mass is 9.91. The molecule has 1 amide bonds. The maximum absolute atomic E-state index is 12.5. The van der Waals surface area contributed by atoms with Gasteiger partial charge in [-0.25, -0.2) is 0 Å². The Hall–Kier alpha value is -1.26. The van der Waals surface area contributed by atoms with E-state index < -0.39 is 5.97 Å². The molecule has 6 heteroatoms. The number of carboxylic acid groups (broad SMARTS) is 1. The maximum atomic E-state index is 12.5. The Balaban J connectivity index is 2.15. The first-order valence-electron chi connectivity index (χ1n) is 6.38. The SMILES string of the molecule is CC1CC(C(=O)O)CCN1C(=O)c1cc(Cl)cc(Cl)c1. The van der Waals surface area contributed by atoms with Crippen LogP contribution in [0.5, 0.6) is 0 Å². The minimum absolute atomic E-state index is 0.116. The Morgan fingerprint density at radius 1 is 1.25 bits per heavy atom. The number of carbonyl (C=O) groups excluding carboxylic acids is 1. The van der Waals surface area contributed by atoms with E-state index in [2.05, 4.69) is 0 Å². The number of likely N-dealkylation sites (tertiary alicyclic amines) is 1. The van der Waals surface area contributed by atoms with Gasteiger partial charge >= 0.3 is 5.97 Å². The number of carboxylic acids is 1. The van der Waals surface area contributed by atoms with Crippen molar-refractivity contribution in [2.75, 3.05) is 6.54 Å². The van der Waals surface area contributed by atoms with E-state index in [1.807, 2.05) is 6.92 Å². The van der Waals surface area contributed by atoms with Crippen LogP contribution in [0.25, 0.3) is 0 Å². The highest BCUT2D eigenvalue weighted by atomic mass is 35.5. The number of benzene rings is 1. The molecular formula is C14H15Cl2NO3. The number of carbonyl (C=O) groups is 2. The zero-order valence-electron chi connectivity index (χ0n) is 11.0. The number of rotatable bonds is 2. The average molecular weight is 316 g/mol. The van der Waals surface area contributed by atoms with Gasteiger partial charge < -0.3 is 10.0 Å². The van der Waals surface area contributed by atoms with Gasteiger partial charge in [0.05, 0.1) is 5.92 Å². The third-order valence-corrected chi connectivity index (χ3v) is 4.03. The van der Waals surface area contributed by atoms with Gasteiger partial charge in [-0.1, -0.05) is 23.2 Å². The predicted molar refractivity (Wildman–Crippen MR) is 77.3 cm³/mol. The van der Waals surface area contributed by atoms with Crippen LogP contribution in [0.15, 0.2) is 18.2 Å². The maximum Gasteiger partial charge on any atom is 0.306 e. The summed E-state index contributed by atoms with van der Waals surface area (Å²) in [7, 11) is 0. The summed E-state index contributed by atoms with van der Waals surface area (Å²) in [5.41, 5.74) is 0.433. The molecule has 1 heterocycles. The Labute approximate surface area is 127 Å². The number of hydrogen-bond donors (Lipinski definition) is 1. The van der Waals surface area contributed by atoms with Crippen molar-refractivity contribution in [3.05, 3.63) is 33.8 Å². The van der Waals surface area contributed by atoms with Gasteiger partial charge in [-0.05, 0) is 38.0 Å².